The van der Waals surface area contributed by atoms with E-state index in [2.05, 4.69) is 15.9 Å². The predicted molar refractivity (Wildman–Crippen MR) is 92.3 cm³/mol. The van der Waals surface area contributed by atoms with E-state index in [0.717, 1.165) is 4.31 Å². The molecule has 0 bridgehead atoms. The van der Waals surface area contributed by atoms with Gasteiger partial charge in [0.1, 0.15) is 0 Å². The van der Waals surface area contributed by atoms with Crippen LogP contribution in [-0.2, 0) is 20.0 Å². The number of anilines is 1. The van der Waals surface area contributed by atoms with Crippen LogP contribution >= 0.6 is 15.9 Å². The van der Waals surface area contributed by atoms with Crippen LogP contribution in [0.1, 0.15) is 5.56 Å². The van der Waals surface area contributed by atoms with Gasteiger partial charge in [0.05, 0.1) is 15.5 Å². The van der Waals surface area contributed by atoms with E-state index >= 15 is 0 Å². The molecule has 2 aromatic carbocycles. The zero-order valence-corrected chi connectivity index (χ0v) is 15.6. The molecule has 23 heavy (non-hydrogen) atoms. The highest BCUT2D eigenvalue weighted by atomic mass is 79.9. The minimum Gasteiger partial charge on any atom is -0.269 e. The molecule has 0 aliphatic rings. The summed E-state index contributed by atoms with van der Waals surface area (Å²) in [7, 11) is -6.19. The molecule has 0 atom stereocenters. The topological polar surface area (TPSA) is 97.5 Å². The van der Waals surface area contributed by atoms with E-state index in [1.54, 1.807) is 19.1 Å². The van der Waals surface area contributed by atoms with E-state index in [9.17, 15) is 16.8 Å². The summed E-state index contributed by atoms with van der Waals surface area (Å²) in [5, 5.41) is 5.03. The van der Waals surface area contributed by atoms with Gasteiger partial charge in [-0.05, 0) is 48.9 Å². The Bertz CT molecular complexity index is 939. The maximum absolute atomic E-state index is 12.7. The number of sulfonamides is 2. The summed E-state index contributed by atoms with van der Waals surface area (Å²) in [6.45, 7) is 1.71. The number of nitrogens with two attached hydrogens (primary N) is 1. The molecule has 0 aliphatic heterocycles. The van der Waals surface area contributed by atoms with E-state index in [1.807, 2.05) is 0 Å². The second-order valence-corrected chi connectivity index (χ2v) is 9.34. The van der Waals surface area contributed by atoms with Crippen LogP contribution in [0.5, 0.6) is 0 Å². The van der Waals surface area contributed by atoms with Crippen LogP contribution < -0.4 is 9.44 Å². The molecule has 0 saturated carbocycles. The average Bonchev–Trinajstić information content (AvgIpc) is 2.48. The fourth-order valence-electron chi connectivity index (χ4n) is 1.98. The molecule has 0 aliphatic carbocycles. The number of hydrogen-bond acceptors (Lipinski definition) is 4. The van der Waals surface area contributed by atoms with Gasteiger partial charge in [0.25, 0.3) is 10.0 Å². The minimum absolute atomic E-state index is 0.0781. The van der Waals surface area contributed by atoms with Gasteiger partial charge in [-0.2, -0.15) is 0 Å². The van der Waals surface area contributed by atoms with Crippen molar-refractivity contribution in [1.82, 2.24) is 0 Å². The number of hydrogen-bond donors (Lipinski definition) is 1. The Balaban J connectivity index is 2.46. The van der Waals surface area contributed by atoms with Gasteiger partial charge in [-0.3, -0.25) is 4.31 Å². The average molecular weight is 419 g/mol. The zero-order chi connectivity index (χ0) is 17.4. The Hall–Kier alpha value is -1.42. The predicted octanol–water partition coefficient (Wildman–Crippen LogP) is 2.23. The van der Waals surface area contributed by atoms with Crippen molar-refractivity contribution < 1.29 is 16.8 Å². The lowest BCUT2D eigenvalue weighted by atomic mass is 10.2. The molecule has 124 valence electrons. The first-order valence-electron chi connectivity index (χ1n) is 6.41. The molecule has 0 spiro atoms. The molecule has 0 aromatic heterocycles. The van der Waals surface area contributed by atoms with Crippen LogP contribution in [0.2, 0.25) is 0 Å². The van der Waals surface area contributed by atoms with Crippen LogP contribution in [-0.4, -0.2) is 23.9 Å². The first-order valence-corrected chi connectivity index (χ1v) is 10.2. The number of primary sulfonamides is 1. The monoisotopic (exact) mass is 418 g/mol. The van der Waals surface area contributed by atoms with Crippen molar-refractivity contribution in [3.05, 3.63) is 52.5 Å². The Morgan fingerprint density at radius 3 is 2.09 bits per heavy atom. The zero-order valence-electron chi connectivity index (χ0n) is 12.4. The number of halogens is 1. The quantitative estimate of drug-likeness (QED) is 0.822. The van der Waals surface area contributed by atoms with Gasteiger partial charge in [0, 0.05) is 11.5 Å². The summed E-state index contributed by atoms with van der Waals surface area (Å²) in [5.41, 5.74) is 0.943. The van der Waals surface area contributed by atoms with Crippen molar-refractivity contribution in [2.45, 2.75) is 16.7 Å². The molecule has 2 N–H and O–H groups in total. The molecule has 6 nitrogen and oxygen atoms in total. The van der Waals surface area contributed by atoms with Gasteiger partial charge < -0.3 is 0 Å². The van der Waals surface area contributed by atoms with E-state index in [4.69, 9.17) is 5.14 Å². The Kier molecular flexibility index (Phi) is 4.86. The largest absolute Gasteiger partial charge is 0.269 e. The highest BCUT2D eigenvalue weighted by Crippen LogP contribution is 2.27. The summed E-state index contributed by atoms with van der Waals surface area (Å²) in [6, 6.07) is 10.3. The number of benzene rings is 2. The van der Waals surface area contributed by atoms with Crippen molar-refractivity contribution in [3.8, 4) is 0 Å². The van der Waals surface area contributed by atoms with E-state index in [-0.39, 0.29) is 9.79 Å². The number of aryl methyl sites for hydroxylation is 1. The van der Waals surface area contributed by atoms with Gasteiger partial charge in [-0.1, -0.05) is 22.0 Å². The molecule has 2 rings (SSSR count). The molecular weight excluding hydrogens is 404 g/mol. The summed E-state index contributed by atoms with van der Waals surface area (Å²) >= 11 is 3.26. The lowest BCUT2D eigenvalue weighted by Gasteiger charge is -2.21. The molecule has 0 radical (unpaired) electrons. The molecule has 0 unspecified atom stereocenters. The van der Waals surface area contributed by atoms with E-state index in [0.29, 0.717) is 15.7 Å². The summed E-state index contributed by atoms with van der Waals surface area (Å²) < 4.78 is 49.8. The summed E-state index contributed by atoms with van der Waals surface area (Å²) in [5.74, 6) is 0. The molecule has 0 heterocycles. The Labute approximate surface area is 144 Å². The SMILES string of the molecule is Cc1ccc(Br)cc1S(=O)(=O)N(C)c1ccc(S(N)(=O)=O)cc1. The number of nitrogens with zero attached hydrogens (tertiary/aromatic N) is 1. The third-order valence-corrected chi connectivity index (χ3v) is 6.67. The molecule has 0 fully saturated rings. The minimum atomic E-state index is -3.82. The maximum Gasteiger partial charge on any atom is 0.264 e. The van der Waals surface area contributed by atoms with Crippen LogP contribution in [0.15, 0.2) is 56.7 Å². The summed E-state index contributed by atoms with van der Waals surface area (Å²) in [6.07, 6.45) is 0. The highest BCUT2D eigenvalue weighted by molar-refractivity contribution is 9.10. The number of rotatable bonds is 4. The lowest BCUT2D eigenvalue weighted by Crippen LogP contribution is -2.27. The first kappa shape index (κ1) is 17.9. The highest BCUT2D eigenvalue weighted by Gasteiger charge is 2.23. The van der Waals surface area contributed by atoms with Gasteiger partial charge in [0.15, 0.2) is 0 Å². The smallest absolute Gasteiger partial charge is 0.264 e. The fourth-order valence-corrected chi connectivity index (χ4v) is 4.46. The Morgan fingerprint density at radius 2 is 1.57 bits per heavy atom. The van der Waals surface area contributed by atoms with Crippen LogP contribution in [0.4, 0.5) is 5.69 Å². The van der Waals surface area contributed by atoms with Gasteiger partial charge >= 0.3 is 0 Å². The van der Waals surface area contributed by atoms with Crippen LogP contribution in [0, 0.1) is 6.92 Å². The maximum atomic E-state index is 12.7. The molecular formula is C14H15BrN2O4S2. The lowest BCUT2D eigenvalue weighted by molar-refractivity contribution is 0.593. The molecule has 2 aromatic rings. The molecule has 9 heteroatoms. The third kappa shape index (κ3) is 3.74. The second kappa shape index (κ2) is 6.23. The Morgan fingerprint density at radius 1 is 1.00 bits per heavy atom. The molecule has 0 amide bonds. The van der Waals surface area contributed by atoms with E-state index < -0.39 is 20.0 Å². The third-order valence-electron chi connectivity index (χ3n) is 3.32. The van der Waals surface area contributed by atoms with Crippen LogP contribution in [0.3, 0.4) is 0 Å². The fraction of sp³-hybridized carbons (Fsp3) is 0.143. The van der Waals surface area contributed by atoms with Crippen LogP contribution in [0.25, 0.3) is 0 Å². The van der Waals surface area contributed by atoms with Crippen molar-refractivity contribution in [2.75, 3.05) is 11.4 Å². The molecule has 0 saturated heterocycles. The van der Waals surface area contributed by atoms with E-state index in [1.165, 1.54) is 37.4 Å². The van der Waals surface area contributed by atoms with Gasteiger partial charge in [-0.25, -0.2) is 22.0 Å². The van der Waals surface area contributed by atoms with Crippen molar-refractivity contribution >= 4 is 41.7 Å². The van der Waals surface area contributed by atoms with Crippen molar-refractivity contribution in [1.29, 1.82) is 0 Å². The first-order chi connectivity index (χ1) is 10.5. The van der Waals surface area contributed by atoms with Gasteiger partial charge in [0.2, 0.25) is 10.0 Å². The normalized spacial score (nSPS) is 12.2. The summed E-state index contributed by atoms with van der Waals surface area (Å²) in [4.78, 5) is 0.0931. The van der Waals surface area contributed by atoms with Gasteiger partial charge in [-0.15, -0.1) is 0 Å². The van der Waals surface area contributed by atoms with Crippen molar-refractivity contribution in [2.24, 2.45) is 5.14 Å². The van der Waals surface area contributed by atoms with Crippen molar-refractivity contribution in [3.63, 3.8) is 0 Å². The second-order valence-electron chi connectivity index (χ2n) is 4.92. The standard InChI is InChI=1S/C14H15BrN2O4S2/c1-10-3-4-11(15)9-14(10)23(20,21)17(2)12-5-7-13(8-6-12)22(16,18)19/h3-9H,1-2H3,(H2,16,18,19).